The summed E-state index contributed by atoms with van der Waals surface area (Å²) in [6.45, 7) is 4.31. The van der Waals surface area contributed by atoms with Crippen LogP contribution in [-0.2, 0) is 13.5 Å². The van der Waals surface area contributed by atoms with Gasteiger partial charge in [0.15, 0.2) is 0 Å². The minimum absolute atomic E-state index is 0.543. The van der Waals surface area contributed by atoms with Gasteiger partial charge in [-0.25, -0.2) is 0 Å². The number of oxime groups is 1. The van der Waals surface area contributed by atoms with E-state index in [4.69, 9.17) is 9.94 Å². The van der Waals surface area contributed by atoms with Gasteiger partial charge in [-0.1, -0.05) is 11.2 Å². The summed E-state index contributed by atoms with van der Waals surface area (Å²) in [5.74, 6) is 0.740. The first-order valence-corrected chi connectivity index (χ1v) is 6.50. The van der Waals surface area contributed by atoms with Crippen LogP contribution < -0.4 is 4.74 Å². The zero-order valence-electron chi connectivity index (χ0n) is 12.0. The Bertz CT molecular complexity index is 617. The van der Waals surface area contributed by atoms with E-state index in [2.05, 4.69) is 10.3 Å². The van der Waals surface area contributed by atoms with E-state index in [1.807, 2.05) is 44.6 Å². The van der Waals surface area contributed by atoms with Crippen LogP contribution >= 0.6 is 0 Å². The second-order valence-corrected chi connectivity index (χ2v) is 4.81. The molecule has 2 rings (SSSR count). The summed E-state index contributed by atoms with van der Waals surface area (Å²) in [6, 6.07) is 5.83. The molecule has 1 aromatic carbocycles. The average Bonchev–Trinajstić information content (AvgIpc) is 2.84. The molecule has 5 nitrogen and oxygen atoms in total. The highest BCUT2D eigenvalue weighted by Gasteiger charge is 2.08. The van der Waals surface area contributed by atoms with E-state index in [0.717, 1.165) is 28.9 Å². The van der Waals surface area contributed by atoms with Crippen LogP contribution in [0.15, 0.2) is 35.7 Å². The molecule has 0 saturated carbocycles. The fourth-order valence-electron chi connectivity index (χ4n) is 1.98. The van der Waals surface area contributed by atoms with E-state index in [9.17, 15) is 0 Å². The molecule has 1 aromatic heterocycles. The molecule has 5 heteroatoms. The number of nitrogens with zero attached hydrogens (tertiary/aromatic N) is 3. The standard InChI is InChI=1S/C15H19N3O2/c1-11-4-5-14(12(2)17-19)15(8-11)20-7-6-13-9-16-18(3)10-13/h4-5,8-10,19H,6-7H2,1-3H3/b17-12-. The van der Waals surface area contributed by atoms with Crippen LogP contribution in [0.1, 0.15) is 23.6 Å². The molecule has 1 N–H and O–H groups in total. The third-order valence-corrected chi connectivity index (χ3v) is 3.08. The zero-order chi connectivity index (χ0) is 14.5. The van der Waals surface area contributed by atoms with Gasteiger partial charge in [0, 0.05) is 25.2 Å². The lowest BCUT2D eigenvalue weighted by molar-refractivity contribution is 0.314. The SMILES string of the molecule is C/C(=N/O)c1ccc(C)cc1OCCc1cnn(C)c1. The van der Waals surface area contributed by atoms with Gasteiger partial charge < -0.3 is 9.94 Å². The Labute approximate surface area is 118 Å². The Morgan fingerprint density at radius 2 is 2.25 bits per heavy atom. The molecule has 0 saturated heterocycles. The average molecular weight is 273 g/mol. The largest absolute Gasteiger partial charge is 0.493 e. The van der Waals surface area contributed by atoms with Crippen molar-refractivity contribution >= 4 is 5.71 Å². The van der Waals surface area contributed by atoms with Gasteiger partial charge in [0.25, 0.3) is 0 Å². The lowest BCUT2D eigenvalue weighted by atomic mass is 10.1. The highest BCUT2D eigenvalue weighted by Crippen LogP contribution is 2.21. The molecular formula is C15H19N3O2. The number of benzene rings is 1. The molecule has 0 fully saturated rings. The van der Waals surface area contributed by atoms with Gasteiger partial charge in [0.1, 0.15) is 5.75 Å². The molecular weight excluding hydrogens is 254 g/mol. The van der Waals surface area contributed by atoms with Crippen LogP contribution in [0.25, 0.3) is 0 Å². The van der Waals surface area contributed by atoms with Gasteiger partial charge in [-0.2, -0.15) is 5.10 Å². The second-order valence-electron chi connectivity index (χ2n) is 4.81. The highest BCUT2D eigenvalue weighted by molar-refractivity contribution is 6.00. The molecule has 1 heterocycles. The van der Waals surface area contributed by atoms with Crippen molar-refractivity contribution in [3.8, 4) is 5.75 Å². The van der Waals surface area contributed by atoms with Gasteiger partial charge in [-0.15, -0.1) is 0 Å². The lowest BCUT2D eigenvalue weighted by Gasteiger charge is -2.11. The second kappa shape index (κ2) is 6.23. The Morgan fingerprint density at radius 1 is 1.45 bits per heavy atom. The van der Waals surface area contributed by atoms with E-state index >= 15 is 0 Å². The summed E-state index contributed by atoms with van der Waals surface area (Å²) in [4.78, 5) is 0. The van der Waals surface area contributed by atoms with Crippen molar-refractivity contribution in [2.24, 2.45) is 12.2 Å². The minimum Gasteiger partial charge on any atom is -0.493 e. The molecule has 0 radical (unpaired) electrons. The van der Waals surface area contributed by atoms with E-state index in [1.54, 1.807) is 11.6 Å². The van der Waals surface area contributed by atoms with Crippen LogP contribution in [0.2, 0.25) is 0 Å². The predicted octanol–water partition coefficient (Wildman–Crippen LogP) is 2.55. The molecule has 0 aliphatic heterocycles. The predicted molar refractivity (Wildman–Crippen MR) is 77.6 cm³/mol. The molecule has 0 aliphatic rings. The third kappa shape index (κ3) is 3.38. The number of rotatable bonds is 5. The molecule has 0 bridgehead atoms. The lowest BCUT2D eigenvalue weighted by Crippen LogP contribution is -2.06. The number of hydrogen-bond acceptors (Lipinski definition) is 4. The number of aryl methyl sites for hydroxylation is 2. The first-order valence-electron chi connectivity index (χ1n) is 6.50. The van der Waals surface area contributed by atoms with Crippen molar-refractivity contribution in [1.82, 2.24) is 9.78 Å². The maximum atomic E-state index is 8.91. The van der Waals surface area contributed by atoms with Crippen LogP contribution in [0.5, 0.6) is 5.75 Å². The Morgan fingerprint density at radius 3 is 2.90 bits per heavy atom. The first kappa shape index (κ1) is 14.1. The van der Waals surface area contributed by atoms with Crippen LogP contribution in [-0.4, -0.2) is 27.3 Å². The third-order valence-electron chi connectivity index (χ3n) is 3.08. The van der Waals surface area contributed by atoms with Gasteiger partial charge in [0.05, 0.1) is 18.5 Å². The van der Waals surface area contributed by atoms with Crippen molar-refractivity contribution in [3.63, 3.8) is 0 Å². The molecule has 0 unspecified atom stereocenters. The maximum absolute atomic E-state index is 8.91. The van der Waals surface area contributed by atoms with Gasteiger partial charge in [-0.3, -0.25) is 4.68 Å². The zero-order valence-corrected chi connectivity index (χ0v) is 12.0. The van der Waals surface area contributed by atoms with Crippen molar-refractivity contribution in [2.45, 2.75) is 20.3 Å². The number of aromatic nitrogens is 2. The van der Waals surface area contributed by atoms with Crippen molar-refractivity contribution < 1.29 is 9.94 Å². The molecule has 0 amide bonds. The summed E-state index contributed by atoms with van der Waals surface area (Å²) < 4.78 is 7.60. The van der Waals surface area contributed by atoms with Crippen LogP contribution in [0.3, 0.4) is 0 Å². The fraction of sp³-hybridized carbons (Fsp3) is 0.333. The highest BCUT2D eigenvalue weighted by atomic mass is 16.5. The van der Waals surface area contributed by atoms with E-state index in [-0.39, 0.29) is 0 Å². The Balaban J connectivity index is 2.06. The molecule has 2 aromatic rings. The van der Waals surface area contributed by atoms with Gasteiger partial charge >= 0.3 is 0 Å². The first-order chi connectivity index (χ1) is 9.60. The van der Waals surface area contributed by atoms with Crippen molar-refractivity contribution in [3.05, 3.63) is 47.3 Å². The fourth-order valence-corrected chi connectivity index (χ4v) is 1.98. The van der Waals surface area contributed by atoms with E-state index < -0.39 is 0 Å². The summed E-state index contributed by atoms with van der Waals surface area (Å²) in [6.07, 6.45) is 4.60. The minimum atomic E-state index is 0.543. The van der Waals surface area contributed by atoms with Gasteiger partial charge in [-0.05, 0) is 37.1 Å². The number of ether oxygens (including phenoxy) is 1. The normalized spacial score (nSPS) is 11.7. The molecule has 0 spiro atoms. The van der Waals surface area contributed by atoms with Crippen LogP contribution in [0, 0.1) is 6.92 Å². The monoisotopic (exact) mass is 273 g/mol. The molecule has 106 valence electrons. The summed E-state index contributed by atoms with van der Waals surface area (Å²) in [5, 5.41) is 16.3. The van der Waals surface area contributed by atoms with Crippen LogP contribution in [0.4, 0.5) is 0 Å². The summed E-state index contributed by atoms with van der Waals surface area (Å²) >= 11 is 0. The molecule has 20 heavy (non-hydrogen) atoms. The quantitative estimate of drug-likeness (QED) is 0.517. The van der Waals surface area contributed by atoms with Crippen molar-refractivity contribution in [2.75, 3.05) is 6.61 Å². The van der Waals surface area contributed by atoms with Crippen molar-refractivity contribution in [1.29, 1.82) is 0 Å². The topological polar surface area (TPSA) is 59.6 Å². The molecule has 0 atom stereocenters. The smallest absolute Gasteiger partial charge is 0.128 e. The molecule has 0 aliphatic carbocycles. The van der Waals surface area contributed by atoms with Gasteiger partial charge in [0.2, 0.25) is 0 Å². The van der Waals surface area contributed by atoms with E-state index in [1.165, 1.54) is 0 Å². The van der Waals surface area contributed by atoms with E-state index in [0.29, 0.717) is 12.3 Å². The Hall–Kier alpha value is -2.30. The maximum Gasteiger partial charge on any atom is 0.128 e. The Kier molecular flexibility index (Phi) is 4.40. The summed E-state index contributed by atoms with van der Waals surface area (Å²) in [7, 11) is 1.89. The number of hydrogen-bond donors (Lipinski definition) is 1. The summed E-state index contributed by atoms with van der Waals surface area (Å²) in [5.41, 5.74) is 3.59.